The van der Waals surface area contributed by atoms with E-state index in [1.807, 2.05) is 18.7 Å². The molecule has 0 unspecified atom stereocenters. The van der Waals surface area contributed by atoms with Crippen LogP contribution < -0.4 is 10.1 Å². The molecule has 0 bridgehead atoms. The molecule has 1 aromatic heterocycles. The van der Waals surface area contributed by atoms with Crippen molar-refractivity contribution >= 4 is 23.4 Å². The summed E-state index contributed by atoms with van der Waals surface area (Å²) in [6, 6.07) is 7.01. The summed E-state index contributed by atoms with van der Waals surface area (Å²) in [5.74, 6) is 0.381. The van der Waals surface area contributed by atoms with Crippen molar-refractivity contribution in [2.24, 2.45) is 0 Å². The van der Waals surface area contributed by atoms with Gasteiger partial charge in [0, 0.05) is 43.8 Å². The molecular formula is C20H27ClN6O3. The zero-order chi connectivity index (χ0) is 21.5. The van der Waals surface area contributed by atoms with Gasteiger partial charge < -0.3 is 15.0 Å². The average molecular weight is 435 g/mol. The molecule has 1 fully saturated rings. The highest BCUT2D eigenvalue weighted by Gasteiger charge is 2.21. The molecule has 1 N–H and O–H groups in total. The third kappa shape index (κ3) is 6.43. The van der Waals surface area contributed by atoms with Crippen LogP contribution in [0.15, 0.2) is 30.5 Å². The number of nitrogens with one attached hydrogen (secondary N) is 1. The van der Waals surface area contributed by atoms with Gasteiger partial charge >= 0.3 is 0 Å². The van der Waals surface area contributed by atoms with Crippen molar-refractivity contribution in [2.45, 2.75) is 26.4 Å². The fourth-order valence-corrected chi connectivity index (χ4v) is 3.21. The van der Waals surface area contributed by atoms with Gasteiger partial charge in [-0.2, -0.15) is 0 Å². The zero-order valence-corrected chi connectivity index (χ0v) is 18.0. The Bertz CT molecular complexity index is 846. The molecule has 0 spiro atoms. The summed E-state index contributed by atoms with van der Waals surface area (Å²) in [5.41, 5.74) is 0.319. The highest BCUT2D eigenvalue weighted by molar-refractivity contribution is 6.30. The number of rotatable bonds is 8. The minimum absolute atomic E-state index is 0.0157. The van der Waals surface area contributed by atoms with Crippen LogP contribution in [-0.4, -0.2) is 82.0 Å². The number of halogens is 1. The van der Waals surface area contributed by atoms with Gasteiger partial charge in [0.1, 0.15) is 5.75 Å². The molecule has 0 radical (unpaired) electrons. The first kappa shape index (κ1) is 22.0. The second kappa shape index (κ2) is 10.4. The third-order valence-electron chi connectivity index (χ3n) is 4.74. The van der Waals surface area contributed by atoms with Crippen molar-refractivity contribution in [2.75, 3.05) is 39.3 Å². The van der Waals surface area contributed by atoms with E-state index in [2.05, 4.69) is 20.5 Å². The fourth-order valence-electron chi connectivity index (χ4n) is 3.08. The summed E-state index contributed by atoms with van der Waals surface area (Å²) in [5, 5.41) is 11.4. The van der Waals surface area contributed by atoms with E-state index in [0.29, 0.717) is 36.1 Å². The highest BCUT2D eigenvalue weighted by atomic mass is 35.5. The normalized spacial score (nSPS) is 14.7. The topological polar surface area (TPSA) is 92.6 Å². The lowest BCUT2D eigenvalue weighted by Gasteiger charge is -2.34. The first-order valence-corrected chi connectivity index (χ1v) is 10.4. The predicted molar refractivity (Wildman–Crippen MR) is 113 cm³/mol. The summed E-state index contributed by atoms with van der Waals surface area (Å²) < 4.78 is 7.21. The number of hydrogen-bond donors (Lipinski definition) is 1. The van der Waals surface area contributed by atoms with Crippen LogP contribution in [0.1, 0.15) is 24.3 Å². The third-order valence-corrected chi connectivity index (χ3v) is 4.99. The van der Waals surface area contributed by atoms with Gasteiger partial charge in [0.2, 0.25) is 0 Å². The van der Waals surface area contributed by atoms with Crippen LogP contribution in [0.5, 0.6) is 5.75 Å². The van der Waals surface area contributed by atoms with Gasteiger partial charge in [0.25, 0.3) is 11.8 Å². The smallest absolute Gasteiger partial charge is 0.273 e. The van der Waals surface area contributed by atoms with Crippen molar-refractivity contribution in [1.29, 1.82) is 0 Å². The number of nitrogens with zero attached hydrogens (tertiary/aromatic N) is 5. The average Bonchev–Trinajstić information content (AvgIpc) is 3.21. The lowest BCUT2D eigenvalue weighted by molar-refractivity contribution is -0.135. The maximum absolute atomic E-state index is 12.4. The molecule has 0 aliphatic carbocycles. The Labute approximate surface area is 180 Å². The summed E-state index contributed by atoms with van der Waals surface area (Å²) in [6.07, 6.45) is 1.66. The standard InChI is InChI=1S/C20H27ClN6O3/c1-15(2)22-20(29)18-13-27(24-23-18)12-9-25-7-10-26(11-8-25)19(28)14-30-17-5-3-16(21)4-6-17/h3-6,13,15H,7-12,14H2,1-2H3,(H,22,29). The Hall–Kier alpha value is -2.65. The minimum Gasteiger partial charge on any atom is -0.484 e. The number of hydrogen-bond acceptors (Lipinski definition) is 6. The van der Waals surface area contributed by atoms with Gasteiger partial charge in [0.15, 0.2) is 12.3 Å². The number of piperazine rings is 1. The molecule has 1 aliphatic rings. The Morgan fingerprint density at radius 2 is 1.83 bits per heavy atom. The van der Waals surface area contributed by atoms with E-state index in [1.165, 1.54) is 0 Å². The van der Waals surface area contributed by atoms with Crippen LogP contribution >= 0.6 is 11.6 Å². The van der Waals surface area contributed by atoms with E-state index in [4.69, 9.17) is 16.3 Å². The van der Waals surface area contributed by atoms with Crippen LogP contribution in [0.4, 0.5) is 0 Å². The van der Waals surface area contributed by atoms with E-state index in [0.717, 1.165) is 19.6 Å². The molecule has 1 aromatic carbocycles. The first-order valence-electron chi connectivity index (χ1n) is 10.00. The Morgan fingerprint density at radius 1 is 1.13 bits per heavy atom. The number of carbonyl (C=O) groups excluding carboxylic acids is 2. The molecule has 2 aromatic rings. The molecule has 2 amide bonds. The quantitative estimate of drug-likeness (QED) is 0.673. The van der Waals surface area contributed by atoms with Crippen LogP contribution in [-0.2, 0) is 11.3 Å². The van der Waals surface area contributed by atoms with E-state index in [9.17, 15) is 9.59 Å². The van der Waals surface area contributed by atoms with Crippen molar-refractivity contribution in [1.82, 2.24) is 30.1 Å². The molecular weight excluding hydrogens is 408 g/mol. The van der Waals surface area contributed by atoms with E-state index in [-0.39, 0.29) is 24.5 Å². The van der Waals surface area contributed by atoms with Crippen molar-refractivity contribution in [3.63, 3.8) is 0 Å². The van der Waals surface area contributed by atoms with E-state index in [1.54, 1.807) is 35.1 Å². The minimum atomic E-state index is -0.218. The van der Waals surface area contributed by atoms with Crippen molar-refractivity contribution < 1.29 is 14.3 Å². The molecule has 10 heteroatoms. The number of ether oxygens (including phenoxy) is 1. The first-order chi connectivity index (χ1) is 14.4. The summed E-state index contributed by atoms with van der Waals surface area (Å²) in [4.78, 5) is 28.4. The van der Waals surface area contributed by atoms with Gasteiger partial charge in [-0.3, -0.25) is 19.2 Å². The number of benzene rings is 1. The van der Waals surface area contributed by atoms with Gasteiger partial charge in [-0.05, 0) is 38.1 Å². The summed E-state index contributed by atoms with van der Waals surface area (Å²) in [6.45, 7) is 8.09. The monoisotopic (exact) mass is 434 g/mol. The highest BCUT2D eigenvalue weighted by Crippen LogP contribution is 2.15. The SMILES string of the molecule is CC(C)NC(=O)c1cn(CCN2CCN(C(=O)COc3ccc(Cl)cc3)CC2)nn1. The van der Waals surface area contributed by atoms with E-state index >= 15 is 0 Å². The van der Waals surface area contributed by atoms with Crippen molar-refractivity contribution in [3.05, 3.63) is 41.2 Å². The molecule has 1 saturated heterocycles. The summed E-state index contributed by atoms with van der Waals surface area (Å²) >= 11 is 5.85. The second-order valence-corrected chi connectivity index (χ2v) is 7.90. The maximum Gasteiger partial charge on any atom is 0.273 e. The molecule has 30 heavy (non-hydrogen) atoms. The molecule has 1 aliphatic heterocycles. The number of carbonyl (C=O) groups is 2. The molecule has 0 atom stereocenters. The number of amides is 2. The summed E-state index contributed by atoms with van der Waals surface area (Å²) in [7, 11) is 0. The molecule has 0 saturated carbocycles. The Morgan fingerprint density at radius 3 is 2.50 bits per heavy atom. The van der Waals surface area contributed by atoms with Gasteiger partial charge in [0.05, 0.1) is 12.7 Å². The number of aromatic nitrogens is 3. The Balaban J connectivity index is 1.37. The zero-order valence-electron chi connectivity index (χ0n) is 17.3. The van der Waals surface area contributed by atoms with Crippen LogP contribution in [0, 0.1) is 0 Å². The maximum atomic E-state index is 12.4. The molecule has 162 valence electrons. The fraction of sp³-hybridized carbons (Fsp3) is 0.500. The van der Waals surface area contributed by atoms with Crippen LogP contribution in [0.25, 0.3) is 0 Å². The van der Waals surface area contributed by atoms with Gasteiger partial charge in [-0.25, -0.2) is 0 Å². The molecule has 9 nitrogen and oxygen atoms in total. The van der Waals surface area contributed by atoms with Gasteiger partial charge in [-0.15, -0.1) is 5.10 Å². The predicted octanol–water partition coefficient (Wildman–Crippen LogP) is 1.29. The van der Waals surface area contributed by atoms with Crippen LogP contribution in [0.2, 0.25) is 5.02 Å². The molecule has 3 rings (SSSR count). The lowest BCUT2D eigenvalue weighted by Crippen LogP contribution is -2.50. The van der Waals surface area contributed by atoms with Crippen molar-refractivity contribution in [3.8, 4) is 5.75 Å². The van der Waals surface area contributed by atoms with Gasteiger partial charge in [-0.1, -0.05) is 16.8 Å². The Kier molecular flexibility index (Phi) is 7.64. The second-order valence-electron chi connectivity index (χ2n) is 7.46. The molecule has 2 heterocycles. The van der Waals surface area contributed by atoms with Crippen LogP contribution in [0.3, 0.4) is 0 Å². The lowest BCUT2D eigenvalue weighted by atomic mass is 10.3. The van der Waals surface area contributed by atoms with E-state index < -0.39 is 0 Å². The largest absolute Gasteiger partial charge is 0.484 e.